The number of aromatic nitrogens is 12. The molecular weight excluding hydrogens is 696 g/mol. The lowest BCUT2D eigenvalue weighted by atomic mass is 9.88. The molecule has 2 fully saturated rings. The second-order valence-corrected chi connectivity index (χ2v) is 13.7. The Labute approximate surface area is 305 Å². The van der Waals surface area contributed by atoms with Gasteiger partial charge in [0.25, 0.3) is 0 Å². The van der Waals surface area contributed by atoms with E-state index in [-0.39, 0.29) is 30.1 Å². The molecule has 0 spiro atoms. The normalized spacial score (nSPS) is 15.8. The lowest BCUT2D eigenvalue weighted by Crippen LogP contribution is -2.55. The second kappa shape index (κ2) is 13.3. The van der Waals surface area contributed by atoms with Gasteiger partial charge in [0.2, 0.25) is 11.6 Å². The average Bonchev–Trinajstić information content (AvgIpc) is 3.98. The first-order valence-corrected chi connectivity index (χ1v) is 17.2. The van der Waals surface area contributed by atoms with Crippen LogP contribution >= 0.6 is 0 Å². The largest absolute Gasteiger partial charge is 0.379 e. The number of nitrogens with one attached hydrogen (secondary N) is 2. The Hall–Kier alpha value is -6.30. The standard InChI is InChI=1S/C19H17FN6O.C18H16FN7O/c1-19(10-27-11-19)18-22-16(23-24-18)15-13-6-4-8-21-17(13)26(25-15)9-12-5-2-3-7-14(12)20;19-13-6-2-1-4-11(13)8-26-16-12(5-3-7-21-16)14(25-26)15-22-17(24-23-15)18(20)9-27-10-18/h2-8H,9-11H2,1H3,(H,22,23,24);1-7H,8-10,20H2,(H,22,23,24). The van der Waals surface area contributed by atoms with E-state index in [4.69, 9.17) is 15.2 Å². The van der Waals surface area contributed by atoms with E-state index < -0.39 is 5.54 Å². The zero-order valence-corrected chi connectivity index (χ0v) is 28.9. The number of aromatic amines is 2. The molecule has 2 saturated heterocycles. The zero-order chi connectivity index (χ0) is 36.9. The maximum absolute atomic E-state index is 14.1. The van der Waals surface area contributed by atoms with Gasteiger partial charge in [-0.2, -0.15) is 20.4 Å². The molecule has 2 aromatic carbocycles. The maximum Gasteiger partial charge on any atom is 0.202 e. The Morgan fingerprint density at radius 2 is 1.15 bits per heavy atom. The van der Waals surface area contributed by atoms with Crippen molar-refractivity contribution in [1.29, 1.82) is 0 Å². The molecule has 8 heterocycles. The summed E-state index contributed by atoms with van der Waals surface area (Å²) in [4.78, 5) is 18.0. The minimum absolute atomic E-state index is 0.144. The number of pyridine rings is 2. The Morgan fingerprint density at radius 3 is 1.61 bits per heavy atom. The smallest absolute Gasteiger partial charge is 0.202 e. The first-order chi connectivity index (χ1) is 26.3. The summed E-state index contributed by atoms with van der Waals surface area (Å²) < 4.78 is 42.0. The SMILES string of the molecule is CC1(c2nc(-c3nn(Cc4ccccc4F)c4ncccc34)n[nH]2)COC1.NC1(c2nc(-c3nn(Cc4ccccc4F)c4ncccc34)n[nH]2)COC1. The van der Waals surface area contributed by atoms with Crippen LogP contribution in [0.5, 0.6) is 0 Å². The van der Waals surface area contributed by atoms with Crippen LogP contribution in [-0.4, -0.2) is 86.3 Å². The molecule has 2 aliphatic heterocycles. The van der Waals surface area contributed by atoms with Gasteiger partial charge < -0.3 is 15.2 Å². The average molecular weight is 730 g/mol. The minimum atomic E-state index is -0.644. The molecule has 2 aliphatic rings. The number of benzene rings is 2. The second-order valence-electron chi connectivity index (χ2n) is 13.7. The van der Waals surface area contributed by atoms with Gasteiger partial charge in [-0.3, -0.25) is 10.2 Å². The third-order valence-corrected chi connectivity index (χ3v) is 9.57. The summed E-state index contributed by atoms with van der Waals surface area (Å²) in [6.07, 6.45) is 3.37. The molecule has 0 bridgehead atoms. The highest BCUT2D eigenvalue weighted by Gasteiger charge is 2.40. The number of nitrogens with zero attached hydrogens (tertiary/aromatic N) is 10. The predicted molar refractivity (Wildman–Crippen MR) is 192 cm³/mol. The van der Waals surface area contributed by atoms with Crippen LogP contribution in [0.15, 0.2) is 85.2 Å². The number of fused-ring (bicyclic) bond motifs is 2. The molecule has 0 aliphatic carbocycles. The number of nitrogens with two attached hydrogens (primary N) is 1. The third-order valence-electron chi connectivity index (χ3n) is 9.57. The zero-order valence-electron chi connectivity index (χ0n) is 28.9. The summed E-state index contributed by atoms with van der Waals surface area (Å²) >= 11 is 0. The highest BCUT2D eigenvalue weighted by molar-refractivity contribution is 5.90. The molecular formula is C37H33F2N13O2. The number of H-pyrrole nitrogens is 2. The predicted octanol–water partition coefficient (Wildman–Crippen LogP) is 4.28. The van der Waals surface area contributed by atoms with Crippen LogP contribution in [0.25, 0.3) is 45.1 Å². The van der Waals surface area contributed by atoms with Crippen LogP contribution in [0.4, 0.5) is 8.78 Å². The van der Waals surface area contributed by atoms with Crippen molar-refractivity contribution >= 4 is 22.1 Å². The van der Waals surface area contributed by atoms with Crippen molar-refractivity contribution in [1.82, 2.24) is 59.9 Å². The number of ether oxygens (including phenoxy) is 2. The van der Waals surface area contributed by atoms with E-state index in [1.165, 1.54) is 12.1 Å². The van der Waals surface area contributed by atoms with Crippen molar-refractivity contribution in [3.63, 3.8) is 0 Å². The molecule has 0 saturated carbocycles. The fourth-order valence-corrected chi connectivity index (χ4v) is 6.38. The van der Waals surface area contributed by atoms with E-state index in [9.17, 15) is 8.78 Å². The summed E-state index contributed by atoms with van der Waals surface area (Å²) in [5.74, 6) is 1.72. The maximum atomic E-state index is 14.1. The lowest BCUT2D eigenvalue weighted by molar-refractivity contribution is -0.0611. The van der Waals surface area contributed by atoms with Gasteiger partial charge in [0.1, 0.15) is 40.2 Å². The highest BCUT2D eigenvalue weighted by atomic mass is 19.1. The van der Waals surface area contributed by atoms with Crippen LogP contribution in [0, 0.1) is 11.6 Å². The van der Waals surface area contributed by atoms with Gasteiger partial charge in [-0.05, 0) is 43.3 Å². The summed E-state index contributed by atoms with van der Waals surface area (Å²) in [7, 11) is 0. The topological polar surface area (TPSA) is 189 Å². The summed E-state index contributed by atoms with van der Waals surface area (Å²) in [5.41, 5.74) is 9.00. The van der Waals surface area contributed by atoms with Crippen molar-refractivity contribution in [3.05, 3.63) is 120 Å². The van der Waals surface area contributed by atoms with Gasteiger partial charge in [0.15, 0.2) is 11.3 Å². The van der Waals surface area contributed by atoms with Crippen molar-refractivity contribution in [2.45, 2.75) is 31.0 Å². The van der Waals surface area contributed by atoms with Gasteiger partial charge in [0.05, 0.1) is 55.7 Å². The van der Waals surface area contributed by atoms with Gasteiger partial charge in [0, 0.05) is 23.5 Å². The molecule has 0 radical (unpaired) electrons. The number of hydrogen-bond acceptors (Lipinski definition) is 11. The fraction of sp³-hybridized carbons (Fsp3) is 0.243. The molecule has 17 heteroatoms. The quantitative estimate of drug-likeness (QED) is 0.203. The summed E-state index contributed by atoms with van der Waals surface area (Å²) in [6.45, 7) is 4.64. The fourth-order valence-electron chi connectivity index (χ4n) is 6.38. The van der Waals surface area contributed by atoms with Crippen LogP contribution in [0.3, 0.4) is 0 Å². The third kappa shape index (κ3) is 5.97. The van der Waals surface area contributed by atoms with Crippen molar-refractivity contribution in [2.75, 3.05) is 26.4 Å². The molecule has 0 amide bonds. The molecule has 6 aromatic heterocycles. The van der Waals surface area contributed by atoms with Crippen LogP contribution in [0.1, 0.15) is 29.7 Å². The Balaban J connectivity index is 0.000000142. The van der Waals surface area contributed by atoms with Crippen molar-refractivity contribution in [2.24, 2.45) is 5.73 Å². The van der Waals surface area contributed by atoms with E-state index in [1.807, 2.05) is 24.3 Å². The first kappa shape index (κ1) is 33.5. The number of halogens is 2. The molecule has 0 unspecified atom stereocenters. The molecule has 8 aromatic rings. The van der Waals surface area contributed by atoms with E-state index in [1.54, 1.807) is 58.2 Å². The van der Waals surface area contributed by atoms with E-state index in [0.29, 0.717) is 77.7 Å². The molecule has 4 N–H and O–H groups in total. The van der Waals surface area contributed by atoms with E-state index in [0.717, 1.165) is 16.6 Å². The van der Waals surface area contributed by atoms with Crippen molar-refractivity contribution < 1.29 is 18.3 Å². The van der Waals surface area contributed by atoms with E-state index in [2.05, 4.69) is 57.5 Å². The molecule has 0 atom stereocenters. The monoisotopic (exact) mass is 729 g/mol. The van der Waals surface area contributed by atoms with Crippen LogP contribution in [-0.2, 0) is 33.5 Å². The Morgan fingerprint density at radius 1 is 0.667 bits per heavy atom. The number of hydrogen-bond donors (Lipinski definition) is 3. The summed E-state index contributed by atoms with van der Waals surface area (Å²) in [5, 5.41) is 25.4. The van der Waals surface area contributed by atoms with Crippen LogP contribution in [0.2, 0.25) is 0 Å². The van der Waals surface area contributed by atoms with Crippen LogP contribution < -0.4 is 5.73 Å². The van der Waals surface area contributed by atoms with Gasteiger partial charge in [-0.1, -0.05) is 36.4 Å². The first-order valence-electron chi connectivity index (χ1n) is 17.2. The highest BCUT2D eigenvalue weighted by Crippen LogP contribution is 2.32. The molecule has 15 nitrogen and oxygen atoms in total. The van der Waals surface area contributed by atoms with E-state index >= 15 is 0 Å². The van der Waals surface area contributed by atoms with Gasteiger partial charge in [-0.25, -0.2) is 38.1 Å². The lowest BCUT2D eigenvalue weighted by Gasteiger charge is -2.35. The molecule has 272 valence electrons. The Kier molecular flexibility index (Phi) is 8.25. The summed E-state index contributed by atoms with van der Waals surface area (Å²) in [6, 6.07) is 20.7. The number of rotatable bonds is 8. The molecule has 54 heavy (non-hydrogen) atoms. The minimum Gasteiger partial charge on any atom is -0.379 e. The van der Waals surface area contributed by atoms with Gasteiger partial charge in [-0.15, -0.1) is 0 Å². The Bertz CT molecular complexity index is 2440. The molecule has 10 rings (SSSR count). The van der Waals surface area contributed by atoms with Crippen molar-refractivity contribution in [3.8, 4) is 23.0 Å². The van der Waals surface area contributed by atoms with Gasteiger partial charge >= 0.3 is 0 Å².